The number of carbonyl (C=O) groups excluding carboxylic acids is 1. The fourth-order valence-corrected chi connectivity index (χ4v) is 5.28. The second-order valence-electron chi connectivity index (χ2n) is 6.84. The third-order valence-corrected chi connectivity index (χ3v) is 6.84. The van der Waals surface area contributed by atoms with E-state index in [1.54, 1.807) is 22.9 Å². The van der Waals surface area contributed by atoms with Crippen LogP contribution in [-0.2, 0) is 26.1 Å². The number of rotatable bonds is 7. The number of sulfonamides is 1. The monoisotopic (exact) mass is 403 g/mol. The highest BCUT2D eigenvalue weighted by Gasteiger charge is 2.41. The molecule has 1 atom stereocenters. The Balaban J connectivity index is 2.03. The summed E-state index contributed by atoms with van der Waals surface area (Å²) in [5, 5.41) is 4.52. The molecule has 28 heavy (non-hydrogen) atoms. The molecule has 2 heterocycles. The predicted octanol–water partition coefficient (Wildman–Crippen LogP) is 2.76. The van der Waals surface area contributed by atoms with E-state index in [2.05, 4.69) is 11.7 Å². The molecule has 1 aromatic carbocycles. The summed E-state index contributed by atoms with van der Waals surface area (Å²) >= 11 is 0. The quantitative estimate of drug-likeness (QED) is 0.524. The van der Waals surface area contributed by atoms with Crippen molar-refractivity contribution in [3.05, 3.63) is 48.7 Å². The van der Waals surface area contributed by atoms with Gasteiger partial charge in [-0.3, -0.25) is 9.48 Å². The number of allylic oxidation sites excluding steroid dienone is 1. The van der Waals surface area contributed by atoms with Crippen LogP contribution in [0, 0.1) is 6.92 Å². The molecule has 1 fully saturated rings. The normalized spacial score (nSPS) is 17.6. The van der Waals surface area contributed by atoms with E-state index in [9.17, 15) is 13.2 Å². The number of hydrogen-bond acceptors (Lipinski definition) is 5. The summed E-state index contributed by atoms with van der Waals surface area (Å²) in [5.41, 5.74) is 2.05. The highest BCUT2D eigenvalue weighted by atomic mass is 32.2. The molecule has 0 saturated carbocycles. The summed E-state index contributed by atoms with van der Waals surface area (Å²) in [4.78, 5) is 12.2. The Kier molecular flexibility index (Phi) is 6.00. The third kappa shape index (κ3) is 3.88. The van der Waals surface area contributed by atoms with Gasteiger partial charge in [0, 0.05) is 24.8 Å². The van der Waals surface area contributed by atoms with Crippen LogP contribution in [0.3, 0.4) is 0 Å². The Labute approximate surface area is 165 Å². The van der Waals surface area contributed by atoms with Gasteiger partial charge in [-0.2, -0.15) is 9.40 Å². The Morgan fingerprint density at radius 2 is 2.18 bits per heavy atom. The average Bonchev–Trinajstić information content (AvgIpc) is 3.35. The standard InChI is InChI=1S/C20H25N3O4S/c1-4-5-11-22-13-10-17(21-22)16-14-15(2)8-9-19(16)28(25,26)23-12-6-7-18(23)20(24)27-3/h4,8-10,13-14,18H,1,5-7,11-12H2,2-3H3/t18-/m0/s1. The van der Waals surface area contributed by atoms with Crippen LogP contribution in [0.5, 0.6) is 0 Å². The zero-order valence-electron chi connectivity index (χ0n) is 16.2. The first kappa shape index (κ1) is 20.3. The van der Waals surface area contributed by atoms with Crippen LogP contribution in [0.1, 0.15) is 24.8 Å². The molecule has 8 heteroatoms. The highest BCUT2D eigenvalue weighted by Crippen LogP contribution is 2.33. The minimum absolute atomic E-state index is 0.155. The number of aromatic nitrogens is 2. The average molecular weight is 404 g/mol. The lowest BCUT2D eigenvalue weighted by molar-refractivity contribution is -0.144. The van der Waals surface area contributed by atoms with Gasteiger partial charge in [0.1, 0.15) is 6.04 Å². The molecular formula is C20H25N3O4S. The number of nitrogens with zero attached hydrogens (tertiary/aromatic N) is 3. The summed E-state index contributed by atoms with van der Waals surface area (Å²) in [6.45, 7) is 6.58. The lowest BCUT2D eigenvalue weighted by Crippen LogP contribution is -2.41. The van der Waals surface area contributed by atoms with Crippen molar-refractivity contribution in [2.75, 3.05) is 13.7 Å². The van der Waals surface area contributed by atoms with Crippen LogP contribution in [-0.4, -0.2) is 48.2 Å². The van der Waals surface area contributed by atoms with E-state index in [4.69, 9.17) is 4.74 Å². The van der Waals surface area contributed by atoms with Crippen LogP contribution in [0.4, 0.5) is 0 Å². The maximum absolute atomic E-state index is 13.4. The van der Waals surface area contributed by atoms with E-state index >= 15 is 0 Å². The van der Waals surface area contributed by atoms with E-state index in [-0.39, 0.29) is 4.90 Å². The maximum Gasteiger partial charge on any atom is 0.324 e. The van der Waals surface area contributed by atoms with Gasteiger partial charge in [-0.25, -0.2) is 8.42 Å². The van der Waals surface area contributed by atoms with Crippen molar-refractivity contribution >= 4 is 16.0 Å². The van der Waals surface area contributed by atoms with Crippen molar-refractivity contribution in [3.63, 3.8) is 0 Å². The molecule has 2 aromatic rings. The molecule has 1 saturated heterocycles. The largest absolute Gasteiger partial charge is 0.468 e. The molecule has 0 N–H and O–H groups in total. The number of ether oxygens (including phenoxy) is 1. The third-order valence-electron chi connectivity index (χ3n) is 4.88. The van der Waals surface area contributed by atoms with Gasteiger partial charge < -0.3 is 4.74 Å². The lowest BCUT2D eigenvalue weighted by Gasteiger charge is -2.23. The van der Waals surface area contributed by atoms with Crippen LogP contribution < -0.4 is 0 Å². The van der Waals surface area contributed by atoms with Crippen molar-refractivity contribution in [3.8, 4) is 11.3 Å². The molecule has 150 valence electrons. The van der Waals surface area contributed by atoms with Gasteiger partial charge >= 0.3 is 5.97 Å². The number of hydrogen-bond donors (Lipinski definition) is 0. The Bertz CT molecular complexity index is 981. The van der Waals surface area contributed by atoms with Gasteiger partial charge in [-0.15, -0.1) is 6.58 Å². The molecule has 0 radical (unpaired) electrons. The Hall–Kier alpha value is -2.45. The van der Waals surface area contributed by atoms with Gasteiger partial charge in [-0.1, -0.05) is 17.7 Å². The molecule has 0 aliphatic carbocycles. The minimum atomic E-state index is -3.88. The number of methoxy groups -OCH3 is 1. The second-order valence-corrected chi connectivity index (χ2v) is 8.70. The zero-order chi connectivity index (χ0) is 20.3. The molecule has 0 amide bonds. The summed E-state index contributed by atoms with van der Waals surface area (Å²) < 4.78 is 34.7. The fourth-order valence-electron chi connectivity index (χ4n) is 3.45. The van der Waals surface area contributed by atoms with E-state index in [1.807, 2.05) is 25.3 Å². The molecule has 7 nitrogen and oxygen atoms in total. The smallest absolute Gasteiger partial charge is 0.324 e. The molecular weight excluding hydrogens is 378 g/mol. The first-order valence-electron chi connectivity index (χ1n) is 9.23. The topological polar surface area (TPSA) is 81.5 Å². The first-order chi connectivity index (χ1) is 13.4. The second kappa shape index (κ2) is 8.28. The summed E-state index contributed by atoms with van der Waals surface area (Å²) in [7, 11) is -2.60. The SMILES string of the molecule is C=CCCn1ccc(-c2cc(C)ccc2S(=O)(=O)N2CCC[C@H]2C(=O)OC)n1. The highest BCUT2D eigenvalue weighted by molar-refractivity contribution is 7.89. The van der Waals surface area contributed by atoms with Crippen LogP contribution in [0.25, 0.3) is 11.3 Å². The number of esters is 1. The van der Waals surface area contributed by atoms with Crippen LogP contribution in [0.15, 0.2) is 48.0 Å². The fraction of sp³-hybridized carbons (Fsp3) is 0.400. The van der Waals surface area contributed by atoms with E-state index < -0.39 is 22.0 Å². The Morgan fingerprint density at radius 3 is 2.89 bits per heavy atom. The number of benzene rings is 1. The molecule has 0 bridgehead atoms. The Morgan fingerprint density at radius 1 is 1.39 bits per heavy atom. The zero-order valence-corrected chi connectivity index (χ0v) is 17.0. The summed E-state index contributed by atoms with van der Waals surface area (Å²) in [6.07, 6.45) is 5.49. The molecule has 1 aliphatic rings. The number of carbonyl (C=O) groups is 1. The van der Waals surface area contributed by atoms with Crippen molar-refractivity contribution in [2.45, 2.75) is 43.7 Å². The van der Waals surface area contributed by atoms with Crippen molar-refractivity contribution < 1.29 is 17.9 Å². The molecule has 1 aliphatic heterocycles. The van der Waals surface area contributed by atoms with Crippen LogP contribution >= 0.6 is 0 Å². The summed E-state index contributed by atoms with van der Waals surface area (Å²) in [6, 6.07) is 6.19. The van der Waals surface area contributed by atoms with E-state index in [0.717, 1.165) is 12.0 Å². The molecule has 0 unspecified atom stereocenters. The number of aryl methyl sites for hydroxylation is 2. The first-order valence-corrected chi connectivity index (χ1v) is 10.7. The summed E-state index contributed by atoms with van der Waals surface area (Å²) in [5.74, 6) is -0.525. The van der Waals surface area contributed by atoms with Gasteiger partial charge in [0.15, 0.2) is 0 Å². The maximum atomic E-state index is 13.4. The van der Waals surface area contributed by atoms with Gasteiger partial charge in [-0.05, 0) is 44.4 Å². The van der Waals surface area contributed by atoms with Crippen molar-refractivity contribution in [1.82, 2.24) is 14.1 Å². The van der Waals surface area contributed by atoms with Gasteiger partial charge in [0.05, 0.1) is 17.7 Å². The van der Waals surface area contributed by atoms with Crippen molar-refractivity contribution in [2.24, 2.45) is 0 Å². The minimum Gasteiger partial charge on any atom is -0.468 e. The molecule has 1 aromatic heterocycles. The van der Waals surface area contributed by atoms with Crippen molar-refractivity contribution in [1.29, 1.82) is 0 Å². The molecule has 3 rings (SSSR count). The lowest BCUT2D eigenvalue weighted by atomic mass is 10.1. The predicted molar refractivity (Wildman–Crippen MR) is 106 cm³/mol. The molecule has 0 spiro atoms. The van der Waals surface area contributed by atoms with E-state index in [1.165, 1.54) is 11.4 Å². The van der Waals surface area contributed by atoms with Gasteiger partial charge in [0.2, 0.25) is 10.0 Å². The van der Waals surface area contributed by atoms with E-state index in [0.29, 0.717) is 37.2 Å². The van der Waals surface area contributed by atoms with Gasteiger partial charge in [0.25, 0.3) is 0 Å². The van der Waals surface area contributed by atoms with Crippen LogP contribution in [0.2, 0.25) is 0 Å².